The lowest BCUT2D eigenvalue weighted by atomic mass is 9.92. The fourth-order valence-corrected chi connectivity index (χ4v) is 2.54. The van der Waals surface area contributed by atoms with E-state index in [4.69, 9.17) is 0 Å². The summed E-state index contributed by atoms with van der Waals surface area (Å²) < 4.78 is 3.14. The Kier molecular flexibility index (Phi) is 2.89. The summed E-state index contributed by atoms with van der Waals surface area (Å²) in [6.45, 7) is 0.919. The Labute approximate surface area is 94.1 Å². The van der Waals surface area contributed by atoms with E-state index in [9.17, 15) is 4.79 Å². The Morgan fingerprint density at radius 3 is 3.07 bits per heavy atom. The van der Waals surface area contributed by atoms with E-state index in [1.165, 1.54) is 0 Å². The molecular formula is C10H11BrNOP. The molecule has 0 aliphatic carbocycles. The van der Waals surface area contributed by atoms with Crippen LogP contribution in [0, 0.1) is 0 Å². The first kappa shape index (κ1) is 10.1. The van der Waals surface area contributed by atoms with Gasteiger partial charge in [-0.05, 0) is 39.6 Å². The normalized spacial score (nSPS) is 20.4. The summed E-state index contributed by atoms with van der Waals surface area (Å²) >= 11 is 3.43. The third kappa shape index (κ3) is 1.71. The molecule has 0 saturated heterocycles. The highest BCUT2D eigenvalue weighted by atomic mass is 79.9. The first-order chi connectivity index (χ1) is 6.72. The average Bonchev–Trinajstić information content (AvgIpc) is 2.18. The van der Waals surface area contributed by atoms with E-state index in [-0.39, 0.29) is 5.92 Å². The lowest BCUT2D eigenvalue weighted by Crippen LogP contribution is -2.22. The molecule has 1 aromatic rings. The fraction of sp³-hybridized carbons (Fsp3) is 0.300. The molecule has 0 radical (unpaired) electrons. The molecule has 1 heterocycles. The quantitative estimate of drug-likeness (QED) is 0.578. The molecule has 1 aromatic carbocycles. The van der Waals surface area contributed by atoms with Gasteiger partial charge in [-0.1, -0.05) is 15.9 Å². The van der Waals surface area contributed by atoms with Gasteiger partial charge in [0.1, 0.15) is 6.29 Å². The van der Waals surface area contributed by atoms with Crippen LogP contribution in [0.1, 0.15) is 17.9 Å². The molecule has 0 fully saturated rings. The van der Waals surface area contributed by atoms with Gasteiger partial charge < -0.3 is 9.46 Å². The number of rotatable bonds is 1. The molecule has 0 aromatic heterocycles. The molecule has 2 atom stereocenters. The zero-order chi connectivity index (χ0) is 10.1. The zero-order valence-corrected chi connectivity index (χ0v) is 10.4. The summed E-state index contributed by atoms with van der Waals surface area (Å²) in [5.74, 6) is 0.0549. The van der Waals surface area contributed by atoms with Gasteiger partial charge in [-0.25, -0.2) is 0 Å². The van der Waals surface area contributed by atoms with E-state index in [0.29, 0.717) is 0 Å². The molecule has 1 aliphatic heterocycles. The van der Waals surface area contributed by atoms with E-state index in [1.807, 2.05) is 18.2 Å². The Bertz CT molecular complexity index is 369. The Balaban J connectivity index is 2.51. The lowest BCUT2D eigenvalue weighted by molar-refractivity contribution is -0.109. The van der Waals surface area contributed by atoms with E-state index >= 15 is 0 Å². The SMILES string of the molecule is O=CC1CCN(P)c2ccc(Br)cc21. The van der Waals surface area contributed by atoms with Crippen molar-refractivity contribution >= 4 is 37.3 Å². The molecule has 4 heteroatoms. The van der Waals surface area contributed by atoms with E-state index in [2.05, 4.69) is 30.0 Å². The highest BCUT2D eigenvalue weighted by Gasteiger charge is 2.22. The van der Waals surface area contributed by atoms with Crippen LogP contribution in [0.15, 0.2) is 22.7 Å². The van der Waals surface area contributed by atoms with Crippen LogP contribution in [-0.2, 0) is 4.79 Å². The smallest absolute Gasteiger partial charge is 0.127 e. The molecule has 1 aliphatic rings. The zero-order valence-electron chi connectivity index (χ0n) is 7.61. The lowest BCUT2D eigenvalue weighted by Gasteiger charge is -2.30. The second kappa shape index (κ2) is 4.00. The topological polar surface area (TPSA) is 20.3 Å². The predicted octanol–water partition coefficient (Wildman–Crippen LogP) is 2.73. The van der Waals surface area contributed by atoms with Crippen LogP contribution < -0.4 is 4.67 Å². The minimum absolute atomic E-state index is 0.0549. The fourth-order valence-electron chi connectivity index (χ4n) is 1.78. The van der Waals surface area contributed by atoms with Crippen LogP contribution in [0.25, 0.3) is 0 Å². The summed E-state index contributed by atoms with van der Waals surface area (Å²) in [5, 5.41) is 0. The van der Waals surface area contributed by atoms with Crippen molar-refractivity contribution in [3.8, 4) is 0 Å². The largest absolute Gasteiger partial charge is 0.356 e. The molecule has 0 saturated carbocycles. The molecule has 0 spiro atoms. The van der Waals surface area contributed by atoms with Crippen molar-refractivity contribution in [2.75, 3.05) is 11.2 Å². The Morgan fingerprint density at radius 2 is 2.36 bits per heavy atom. The second-order valence-electron chi connectivity index (χ2n) is 3.43. The van der Waals surface area contributed by atoms with Gasteiger partial charge in [-0.15, -0.1) is 0 Å². The first-order valence-corrected chi connectivity index (χ1v) is 5.80. The van der Waals surface area contributed by atoms with Crippen molar-refractivity contribution in [3.05, 3.63) is 28.2 Å². The van der Waals surface area contributed by atoms with Crippen LogP contribution >= 0.6 is 25.3 Å². The van der Waals surface area contributed by atoms with Crippen molar-refractivity contribution in [1.82, 2.24) is 0 Å². The number of anilines is 1. The van der Waals surface area contributed by atoms with Gasteiger partial charge in [-0.2, -0.15) is 0 Å². The van der Waals surface area contributed by atoms with Gasteiger partial charge in [0.15, 0.2) is 0 Å². The number of halogens is 1. The number of carbonyl (C=O) groups excluding carboxylic acids is 1. The molecule has 74 valence electrons. The maximum atomic E-state index is 10.9. The first-order valence-electron chi connectivity index (χ1n) is 4.49. The highest BCUT2D eigenvalue weighted by molar-refractivity contribution is 9.10. The van der Waals surface area contributed by atoms with E-state index in [0.717, 1.165) is 35.0 Å². The van der Waals surface area contributed by atoms with Gasteiger partial charge in [0.2, 0.25) is 0 Å². The number of aldehydes is 1. The maximum absolute atomic E-state index is 10.9. The molecule has 14 heavy (non-hydrogen) atoms. The summed E-state index contributed by atoms with van der Waals surface area (Å²) in [5.41, 5.74) is 2.26. The molecule has 2 unspecified atom stereocenters. The van der Waals surface area contributed by atoms with Gasteiger partial charge in [-0.3, -0.25) is 0 Å². The molecular weight excluding hydrogens is 261 g/mol. The number of hydrogen-bond acceptors (Lipinski definition) is 2. The van der Waals surface area contributed by atoms with Gasteiger partial charge in [0, 0.05) is 22.6 Å². The standard InChI is InChI=1S/C10H11BrNOP/c11-8-1-2-10-9(5-8)7(6-13)3-4-12(10)14/h1-2,5-7H,3-4,14H2. The van der Waals surface area contributed by atoms with Gasteiger partial charge in [0.25, 0.3) is 0 Å². The summed E-state index contributed by atoms with van der Waals surface area (Å²) in [6, 6.07) is 6.08. The minimum atomic E-state index is 0.0549. The maximum Gasteiger partial charge on any atom is 0.127 e. The van der Waals surface area contributed by atoms with E-state index < -0.39 is 0 Å². The number of hydrogen-bond donors (Lipinski definition) is 0. The van der Waals surface area contributed by atoms with Crippen molar-refractivity contribution in [2.24, 2.45) is 0 Å². The number of carbonyl (C=O) groups is 1. The van der Waals surface area contributed by atoms with Crippen molar-refractivity contribution in [1.29, 1.82) is 0 Å². The van der Waals surface area contributed by atoms with Gasteiger partial charge >= 0.3 is 0 Å². The number of benzene rings is 1. The minimum Gasteiger partial charge on any atom is -0.356 e. The average molecular weight is 272 g/mol. The monoisotopic (exact) mass is 271 g/mol. The van der Waals surface area contributed by atoms with E-state index in [1.54, 1.807) is 0 Å². The molecule has 0 N–H and O–H groups in total. The van der Waals surface area contributed by atoms with Gasteiger partial charge in [0.05, 0.1) is 0 Å². The highest BCUT2D eigenvalue weighted by Crippen LogP contribution is 2.37. The summed E-state index contributed by atoms with van der Waals surface area (Å²) in [4.78, 5) is 10.9. The van der Waals surface area contributed by atoms with Crippen LogP contribution in [0.3, 0.4) is 0 Å². The van der Waals surface area contributed by atoms with Crippen LogP contribution in [-0.4, -0.2) is 12.8 Å². The van der Waals surface area contributed by atoms with Crippen LogP contribution in [0.2, 0.25) is 0 Å². The van der Waals surface area contributed by atoms with Crippen molar-refractivity contribution in [3.63, 3.8) is 0 Å². The number of fused-ring (bicyclic) bond motifs is 1. The Hall–Kier alpha value is -0.400. The predicted molar refractivity (Wildman–Crippen MR) is 64.6 cm³/mol. The third-order valence-electron chi connectivity index (χ3n) is 2.54. The third-order valence-corrected chi connectivity index (χ3v) is 3.57. The molecule has 2 nitrogen and oxygen atoms in total. The Morgan fingerprint density at radius 1 is 1.57 bits per heavy atom. The summed E-state index contributed by atoms with van der Waals surface area (Å²) in [7, 11) is 2.69. The van der Waals surface area contributed by atoms with Crippen LogP contribution in [0.5, 0.6) is 0 Å². The van der Waals surface area contributed by atoms with Crippen LogP contribution in [0.4, 0.5) is 5.69 Å². The molecule has 0 amide bonds. The number of nitrogens with zero attached hydrogens (tertiary/aromatic N) is 1. The summed E-state index contributed by atoms with van der Waals surface area (Å²) in [6.07, 6.45) is 1.94. The van der Waals surface area contributed by atoms with Crippen molar-refractivity contribution < 1.29 is 4.79 Å². The second-order valence-corrected chi connectivity index (χ2v) is 4.97. The van der Waals surface area contributed by atoms with Crippen molar-refractivity contribution in [2.45, 2.75) is 12.3 Å². The molecule has 0 bridgehead atoms. The molecule has 2 rings (SSSR count).